The number of nitrogens with zero attached hydrogens (tertiary/aromatic N) is 6. The molecule has 5 heterocycles. The van der Waals surface area contributed by atoms with Gasteiger partial charge in [0.1, 0.15) is 5.65 Å². The van der Waals surface area contributed by atoms with Crippen LogP contribution >= 0.6 is 11.6 Å². The second-order valence-corrected chi connectivity index (χ2v) is 9.23. The number of pyridine rings is 2. The topological polar surface area (TPSA) is 88.6 Å². The number of aliphatic hydroxyl groups excluding tert-OH is 1. The number of imidazole rings is 1. The molecule has 0 saturated carbocycles. The van der Waals surface area contributed by atoms with Gasteiger partial charge in [0.15, 0.2) is 0 Å². The van der Waals surface area contributed by atoms with E-state index in [1.54, 1.807) is 6.92 Å². The second-order valence-electron chi connectivity index (χ2n) is 8.83. The van der Waals surface area contributed by atoms with Crippen LogP contribution in [0.25, 0.3) is 38.9 Å². The molecule has 0 bridgehead atoms. The first-order chi connectivity index (χ1) is 17.0. The Hall–Kier alpha value is -3.75. The van der Waals surface area contributed by atoms with Crippen molar-refractivity contribution in [3.63, 3.8) is 0 Å². The van der Waals surface area contributed by atoms with Crippen molar-refractivity contribution >= 4 is 34.1 Å². The number of halogens is 1. The molecule has 6 rings (SSSR count). The highest BCUT2D eigenvalue weighted by atomic mass is 35.5. The predicted octanol–water partition coefficient (Wildman–Crippen LogP) is 4.35. The van der Waals surface area contributed by atoms with E-state index >= 15 is 0 Å². The highest BCUT2D eigenvalue weighted by Crippen LogP contribution is 2.33. The molecular weight excluding hydrogens is 464 g/mol. The number of fused-ring (bicyclic) bond motifs is 3. The monoisotopic (exact) mass is 486 g/mol. The van der Waals surface area contributed by atoms with Crippen LogP contribution in [0.2, 0.25) is 5.02 Å². The average Bonchev–Trinajstić information content (AvgIpc) is 3.62. The van der Waals surface area contributed by atoms with Crippen LogP contribution in [0.1, 0.15) is 25.1 Å². The molecule has 1 saturated heterocycles. The number of aromatic nitrogens is 5. The molecule has 1 aliphatic heterocycles. The molecule has 176 valence electrons. The maximum absolute atomic E-state index is 11.7. The van der Waals surface area contributed by atoms with Crippen LogP contribution in [0, 0.1) is 0 Å². The van der Waals surface area contributed by atoms with Gasteiger partial charge in [-0.2, -0.15) is 5.10 Å². The van der Waals surface area contributed by atoms with Gasteiger partial charge >= 0.3 is 0 Å². The number of likely N-dealkylation sites (tertiary alicyclic amines) is 1. The van der Waals surface area contributed by atoms with E-state index in [0.29, 0.717) is 28.6 Å². The van der Waals surface area contributed by atoms with Crippen LogP contribution in [-0.2, 0) is 11.4 Å². The molecule has 1 aliphatic rings. The molecule has 1 amide bonds. The van der Waals surface area contributed by atoms with Crippen LogP contribution in [0.5, 0.6) is 0 Å². The minimum atomic E-state index is -0.175. The van der Waals surface area contributed by atoms with Gasteiger partial charge in [-0.05, 0) is 24.6 Å². The van der Waals surface area contributed by atoms with Crippen molar-refractivity contribution in [1.82, 2.24) is 29.0 Å². The van der Waals surface area contributed by atoms with Crippen LogP contribution in [0.15, 0.2) is 61.2 Å². The molecular formula is C26H23ClN6O2. The highest BCUT2D eigenvalue weighted by Gasteiger charge is 2.26. The van der Waals surface area contributed by atoms with Gasteiger partial charge in [-0.1, -0.05) is 29.8 Å². The first-order valence-corrected chi connectivity index (χ1v) is 11.9. The van der Waals surface area contributed by atoms with E-state index in [1.807, 2.05) is 69.1 Å². The summed E-state index contributed by atoms with van der Waals surface area (Å²) in [7, 11) is 0. The Morgan fingerprint density at radius 1 is 1.20 bits per heavy atom. The van der Waals surface area contributed by atoms with E-state index in [9.17, 15) is 9.90 Å². The van der Waals surface area contributed by atoms with E-state index in [1.165, 1.54) is 0 Å². The Morgan fingerprint density at radius 3 is 2.83 bits per heavy atom. The number of aliphatic hydroxyl groups is 1. The van der Waals surface area contributed by atoms with Crippen LogP contribution < -0.4 is 0 Å². The summed E-state index contributed by atoms with van der Waals surface area (Å²) in [5.41, 5.74) is 5.48. The fourth-order valence-electron chi connectivity index (χ4n) is 4.86. The van der Waals surface area contributed by atoms with E-state index in [2.05, 4.69) is 16.1 Å². The van der Waals surface area contributed by atoms with Crippen molar-refractivity contribution in [3.05, 3.63) is 71.9 Å². The smallest absolute Gasteiger partial charge is 0.219 e. The van der Waals surface area contributed by atoms with Crippen molar-refractivity contribution in [2.24, 2.45) is 0 Å². The zero-order chi connectivity index (χ0) is 24.1. The first kappa shape index (κ1) is 21.8. The van der Waals surface area contributed by atoms with Gasteiger partial charge in [0.05, 0.1) is 40.8 Å². The lowest BCUT2D eigenvalue weighted by Gasteiger charge is -2.14. The van der Waals surface area contributed by atoms with Gasteiger partial charge in [-0.3, -0.25) is 14.5 Å². The molecule has 1 N–H and O–H groups in total. The number of benzene rings is 1. The SMILES string of the molecule is CC(=O)N1CCC(n2cc(-c3cnc4ccn5c(CO)c(-c6ccccc6Cl)nc5c4c3)cn2)C1. The zero-order valence-corrected chi connectivity index (χ0v) is 19.9. The Labute approximate surface area is 206 Å². The minimum Gasteiger partial charge on any atom is -0.390 e. The summed E-state index contributed by atoms with van der Waals surface area (Å²) in [6, 6.07) is 11.6. The fourth-order valence-corrected chi connectivity index (χ4v) is 5.08. The van der Waals surface area contributed by atoms with E-state index in [-0.39, 0.29) is 18.6 Å². The number of hydrogen-bond donors (Lipinski definition) is 1. The van der Waals surface area contributed by atoms with E-state index < -0.39 is 0 Å². The third-order valence-electron chi connectivity index (χ3n) is 6.75. The molecule has 0 aliphatic carbocycles. The van der Waals surface area contributed by atoms with E-state index in [0.717, 1.165) is 40.6 Å². The molecule has 0 radical (unpaired) electrons. The number of rotatable bonds is 4. The molecule has 4 aromatic heterocycles. The van der Waals surface area contributed by atoms with Crippen molar-refractivity contribution in [3.8, 4) is 22.4 Å². The molecule has 1 fully saturated rings. The van der Waals surface area contributed by atoms with Gasteiger partial charge in [-0.15, -0.1) is 0 Å². The normalized spacial score (nSPS) is 16.0. The largest absolute Gasteiger partial charge is 0.390 e. The lowest BCUT2D eigenvalue weighted by Crippen LogP contribution is -2.26. The Kier molecular flexibility index (Phi) is 5.27. The quantitative estimate of drug-likeness (QED) is 0.408. The minimum absolute atomic E-state index is 0.0979. The lowest BCUT2D eigenvalue weighted by molar-refractivity contribution is -0.127. The zero-order valence-electron chi connectivity index (χ0n) is 19.1. The summed E-state index contributed by atoms with van der Waals surface area (Å²) in [6.45, 7) is 2.86. The highest BCUT2D eigenvalue weighted by molar-refractivity contribution is 6.33. The van der Waals surface area contributed by atoms with Crippen molar-refractivity contribution in [1.29, 1.82) is 0 Å². The van der Waals surface area contributed by atoms with Crippen LogP contribution in [-0.4, -0.2) is 53.2 Å². The molecule has 8 nitrogen and oxygen atoms in total. The second kappa shape index (κ2) is 8.48. The number of hydrogen-bond acceptors (Lipinski definition) is 5. The molecule has 0 spiro atoms. The summed E-state index contributed by atoms with van der Waals surface area (Å²) in [4.78, 5) is 23.1. The van der Waals surface area contributed by atoms with Crippen LogP contribution in [0.3, 0.4) is 0 Å². The first-order valence-electron chi connectivity index (χ1n) is 11.5. The summed E-state index contributed by atoms with van der Waals surface area (Å²) in [5.74, 6) is 0.0979. The fraction of sp³-hybridized carbons (Fsp3) is 0.231. The molecule has 35 heavy (non-hydrogen) atoms. The molecule has 1 atom stereocenters. The Balaban J connectivity index is 1.43. The van der Waals surface area contributed by atoms with Gasteiger partial charge in [0.25, 0.3) is 0 Å². The van der Waals surface area contributed by atoms with Gasteiger partial charge in [0, 0.05) is 60.7 Å². The maximum Gasteiger partial charge on any atom is 0.219 e. The Bertz CT molecular complexity index is 1590. The summed E-state index contributed by atoms with van der Waals surface area (Å²) >= 11 is 6.45. The summed E-state index contributed by atoms with van der Waals surface area (Å²) in [5, 5.41) is 16.2. The van der Waals surface area contributed by atoms with E-state index in [4.69, 9.17) is 16.6 Å². The Morgan fingerprint density at radius 2 is 2.06 bits per heavy atom. The van der Waals surface area contributed by atoms with Gasteiger partial charge < -0.3 is 14.4 Å². The molecule has 1 unspecified atom stereocenters. The summed E-state index contributed by atoms with van der Waals surface area (Å²) < 4.78 is 3.84. The summed E-state index contributed by atoms with van der Waals surface area (Å²) in [6.07, 6.45) is 8.44. The average molecular weight is 487 g/mol. The van der Waals surface area contributed by atoms with Crippen molar-refractivity contribution < 1.29 is 9.90 Å². The molecule has 9 heteroatoms. The van der Waals surface area contributed by atoms with Crippen LogP contribution in [0.4, 0.5) is 0 Å². The van der Waals surface area contributed by atoms with Gasteiger partial charge in [0.2, 0.25) is 5.91 Å². The molecule has 1 aromatic carbocycles. The number of carbonyl (C=O) groups is 1. The third kappa shape index (κ3) is 3.66. The van der Waals surface area contributed by atoms with Crippen molar-refractivity contribution in [2.75, 3.05) is 13.1 Å². The predicted molar refractivity (Wildman–Crippen MR) is 134 cm³/mol. The van der Waals surface area contributed by atoms with Crippen molar-refractivity contribution in [2.45, 2.75) is 26.0 Å². The third-order valence-corrected chi connectivity index (χ3v) is 7.08. The number of amides is 1. The number of carbonyl (C=O) groups excluding carboxylic acids is 1. The molecule has 5 aromatic rings. The maximum atomic E-state index is 11.7. The lowest BCUT2D eigenvalue weighted by atomic mass is 10.1. The standard InChI is InChI=1S/C26H23ClN6O2/c1-16(35)31-8-6-19(14-31)33-13-18(12-29-33)17-10-21-23(28-11-17)7-9-32-24(15-34)25(30-26(21)32)20-4-2-3-5-22(20)27/h2-5,7,9-13,19,34H,6,8,14-15H2,1H3. The van der Waals surface area contributed by atoms with Gasteiger partial charge in [-0.25, -0.2) is 4.98 Å².